The van der Waals surface area contributed by atoms with Crippen LogP contribution in [0.2, 0.25) is 10.0 Å². The van der Waals surface area contributed by atoms with Crippen LogP contribution in [0.1, 0.15) is 10.4 Å². The van der Waals surface area contributed by atoms with Crippen molar-refractivity contribution in [2.75, 3.05) is 12.3 Å². The molecule has 2 aromatic rings. The van der Waals surface area contributed by atoms with Crippen molar-refractivity contribution >= 4 is 41.7 Å². The molecule has 0 aromatic heterocycles. The third-order valence-corrected chi connectivity index (χ3v) is 3.41. The predicted octanol–water partition coefficient (Wildman–Crippen LogP) is 4.45. The van der Waals surface area contributed by atoms with Crippen molar-refractivity contribution < 1.29 is 9.53 Å². The number of ether oxygens (including phenoxy) is 1. The highest BCUT2D eigenvalue weighted by Gasteiger charge is 2.07. The Labute approximate surface area is 138 Å². The van der Waals surface area contributed by atoms with E-state index in [-0.39, 0.29) is 5.91 Å². The number of hydrogen-bond acceptors (Lipinski definition) is 3. The summed E-state index contributed by atoms with van der Waals surface area (Å²) in [4.78, 5) is 11.7. The van der Waals surface area contributed by atoms with E-state index in [9.17, 15) is 4.79 Å². The molecule has 0 saturated heterocycles. The Kier molecular flexibility index (Phi) is 5.79. The van der Waals surface area contributed by atoms with Gasteiger partial charge in [0, 0.05) is 29.0 Å². The molecule has 110 valence electrons. The average molecular weight is 342 g/mol. The molecule has 2 aromatic carbocycles. The number of hydrogen-bond donors (Lipinski definition) is 2. The summed E-state index contributed by atoms with van der Waals surface area (Å²) in [7, 11) is 0. The summed E-state index contributed by atoms with van der Waals surface area (Å²) in [6.07, 6.45) is 0. The molecule has 2 rings (SSSR count). The smallest absolute Gasteiger partial charge is 0.251 e. The zero-order chi connectivity index (χ0) is 15.2. The monoisotopic (exact) mass is 341 g/mol. The van der Waals surface area contributed by atoms with Crippen LogP contribution in [0.4, 0.5) is 0 Å². The fraction of sp³-hybridized carbons (Fsp3) is 0.133. The first-order valence-corrected chi connectivity index (χ1v) is 7.61. The molecule has 0 aliphatic carbocycles. The average Bonchev–Trinajstić information content (AvgIpc) is 2.49. The third kappa shape index (κ3) is 4.56. The molecule has 0 unspecified atom stereocenters. The summed E-state index contributed by atoms with van der Waals surface area (Å²) in [6.45, 7) is 0.526. The van der Waals surface area contributed by atoms with Crippen molar-refractivity contribution in [2.45, 2.75) is 0 Å². The summed E-state index contributed by atoms with van der Waals surface area (Å²) in [5, 5.41) is 3.75. The van der Waals surface area contributed by atoms with E-state index in [0.717, 1.165) is 0 Å². The van der Waals surface area contributed by atoms with E-state index in [0.29, 0.717) is 39.4 Å². The molecular weight excluding hydrogens is 329 g/mol. The van der Waals surface area contributed by atoms with Crippen molar-refractivity contribution in [3.63, 3.8) is 0 Å². The second kappa shape index (κ2) is 7.59. The van der Waals surface area contributed by atoms with Gasteiger partial charge in [0.15, 0.2) is 0 Å². The number of benzene rings is 2. The molecule has 0 saturated carbocycles. The van der Waals surface area contributed by atoms with Gasteiger partial charge in [0.2, 0.25) is 0 Å². The van der Waals surface area contributed by atoms with Gasteiger partial charge in [0.1, 0.15) is 11.5 Å². The second-order valence-corrected chi connectivity index (χ2v) is 5.47. The minimum atomic E-state index is -0.142. The van der Waals surface area contributed by atoms with Gasteiger partial charge >= 0.3 is 0 Å². The van der Waals surface area contributed by atoms with Crippen molar-refractivity contribution in [3.05, 3.63) is 58.1 Å². The van der Waals surface area contributed by atoms with Crippen molar-refractivity contribution in [1.82, 2.24) is 5.32 Å². The van der Waals surface area contributed by atoms with Crippen LogP contribution in [0.3, 0.4) is 0 Å². The van der Waals surface area contributed by atoms with Gasteiger partial charge in [-0.3, -0.25) is 4.79 Å². The Bertz CT molecular complexity index is 632. The number of carbonyl (C=O) groups excluding carboxylic acids is 1. The molecular formula is C15H13Cl2NO2S. The zero-order valence-electron chi connectivity index (χ0n) is 11.0. The van der Waals surface area contributed by atoms with Gasteiger partial charge in [0.05, 0.1) is 5.02 Å². The molecule has 0 radical (unpaired) electrons. The summed E-state index contributed by atoms with van der Waals surface area (Å²) in [5.41, 5.74) is 0.557. The SMILES string of the molecule is O=C(NCCS)c1ccc(Oc2cc(Cl)ccc2Cl)cc1. The van der Waals surface area contributed by atoms with E-state index < -0.39 is 0 Å². The summed E-state index contributed by atoms with van der Waals surface area (Å²) in [5.74, 6) is 1.50. The highest BCUT2D eigenvalue weighted by molar-refractivity contribution is 7.80. The Morgan fingerprint density at radius 1 is 1.14 bits per heavy atom. The zero-order valence-corrected chi connectivity index (χ0v) is 13.4. The van der Waals surface area contributed by atoms with E-state index >= 15 is 0 Å². The van der Waals surface area contributed by atoms with Crippen molar-refractivity contribution in [2.24, 2.45) is 0 Å². The lowest BCUT2D eigenvalue weighted by Gasteiger charge is -2.09. The van der Waals surface area contributed by atoms with Crippen LogP contribution in [0.5, 0.6) is 11.5 Å². The number of thiol groups is 1. The Morgan fingerprint density at radius 2 is 1.86 bits per heavy atom. The maximum Gasteiger partial charge on any atom is 0.251 e. The molecule has 21 heavy (non-hydrogen) atoms. The molecule has 0 aliphatic rings. The topological polar surface area (TPSA) is 38.3 Å². The lowest BCUT2D eigenvalue weighted by atomic mass is 10.2. The van der Waals surface area contributed by atoms with E-state index in [1.807, 2.05) is 0 Å². The minimum absolute atomic E-state index is 0.142. The van der Waals surface area contributed by atoms with Gasteiger partial charge in [-0.25, -0.2) is 0 Å². The second-order valence-electron chi connectivity index (χ2n) is 4.18. The van der Waals surface area contributed by atoms with Crippen LogP contribution < -0.4 is 10.1 Å². The lowest BCUT2D eigenvalue weighted by Crippen LogP contribution is -2.25. The molecule has 0 bridgehead atoms. The first kappa shape index (κ1) is 16.0. The molecule has 0 heterocycles. The van der Waals surface area contributed by atoms with Gasteiger partial charge in [-0.2, -0.15) is 12.6 Å². The Balaban J connectivity index is 2.09. The van der Waals surface area contributed by atoms with Gasteiger partial charge in [-0.05, 0) is 36.4 Å². The summed E-state index contributed by atoms with van der Waals surface area (Å²) in [6, 6.07) is 11.8. The van der Waals surface area contributed by atoms with Crippen LogP contribution in [0.25, 0.3) is 0 Å². The minimum Gasteiger partial charge on any atom is -0.456 e. The summed E-state index contributed by atoms with van der Waals surface area (Å²) < 4.78 is 5.65. The third-order valence-electron chi connectivity index (χ3n) is 2.63. The molecule has 3 nitrogen and oxygen atoms in total. The maximum absolute atomic E-state index is 11.7. The fourth-order valence-corrected chi connectivity index (χ4v) is 2.06. The van der Waals surface area contributed by atoms with Crippen molar-refractivity contribution in [3.8, 4) is 11.5 Å². The van der Waals surface area contributed by atoms with Crippen LogP contribution in [0, 0.1) is 0 Å². The van der Waals surface area contributed by atoms with Crippen LogP contribution in [-0.2, 0) is 0 Å². The van der Waals surface area contributed by atoms with Gasteiger partial charge in [0.25, 0.3) is 5.91 Å². The van der Waals surface area contributed by atoms with E-state index in [1.54, 1.807) is 42.5 Å². The van der Waals surface area contributed by atoms with Gasteiger partial charge in [-0.15, -0.1) is 0 Å². The predicted molar refractivity (Wildman–Crippen MR) is 89.2 cm³/mol. The van der Waals surface area contributed by atoms with Crippen LogP contribution >= 0.6 is 35.8 Å². The fourth-order valence-electron chi connectivity index (χ4n) is 1.63. The highest BCUT2D eigenvalue weighted by atomic mass is 35.5. The molecule has 0 spiro atoms. The molecule has 0 fully saturated rings. The lowest BCUT2D eigenvalue weighted by molar-refractivity contribution is 0.0956. The normalized spacial score (nSPS) is 10.2. The van der Waals surface area contributed by atoms with E-state index in [2.05, 4.69) is 17.9 Å². The number of nitrogens with one attached hydrogen (secondary N) is 1. The largest absolute Gasteiger partial charge is 0.456 e. The Hall–Kier alpha value is -1.36. The number of amides is 1. The molecule has 0 aliphatic heterocycles. The number of carbonyl (C=O) groups is 1. The molecule has 6 heteroatoms. The molecule has 1 N–H and O–H groups in total. The van der Waals surface area contributed by atoms with E-state index in [1.165, 1.54) is 0 Å². The number of rotatable bonds is 5. The quantitative estimate of drug-likeness (QED) is 0.788. The molecule has 1 amide bonds. The van der Waals surface area contributed by atoms with Crippen LogP contribution in [-0.4, -0.2) is 18.2 Å². The summed E-state index contributed by atoms with van der Waals surface area (Å²) >= 11 is 16.0. The standard InChI is InChI=1S/C15H13Cl2NO2S/c16-11-3-6-13(17)14(9-11)20-12-4-1-10(2-5-12)15(19)18-7-8-21/h1-6,9,21H,7-8H2,(H,18,19). The first-order valence-electron chi connectivity index (χ1n) is 6.22. The van der Waals surface area contributed by atoms with E-state index in [4.69, 9.17) is 27.9 Å². The van der Waals surface area contributed by atoms with Gasteiger partial charge < -0.3 is 10.1 Å². The Morgan fingerprint density at radius 3 is 2.52 bits per heavy atom. The van der Waals surface area contributed by atoms with Gasteiger partial charge in [-0.1, -0.05) is 23.2 Å². The maximum atomic E-state index is 11.7. The van der Waals surface area contributed by atoms with Crippen LogP contribution in [0.15, 0.2) is 42.5 Å². The number of halogens is 2. The molecule has 0 atom stereocenters. The first-order chi connectivity index (χ1) is 10.1. The van der Waals surface area contributed by atoms with Crippen molar-refractivity contribution in [1.29, 1.82) is 0 Å². The highest BCUT2D eigenvalue weighted by Crippen LogP contribution is 2.31.